The van der Waals surface area contributed by atoms with Crippen LogP contribution in [0.4, 0.5) is 0 Å². The largest absolute Gasteiger partial charge is 0.385 e. The molecule has 1 saturated heterocycles. The lowest BCUT2D eigenvalue weighted by molar-refractivity contribution is -0.341. The zero-order valence-electron chi connectivity index (χ0n) is 20.3. The quantitative estimate of drug-likeness (QED) is 0.438. The van der Waals surface area contributed by atoms with E-state index in [1.54, 1.807) is 14.0 Å². The maximum Gasteiger partial charge on any atom is 0.186 e. The van der Waals surface area contributed by atoms with Crippen molar-refractivity contribution in [3.63, 3.8) is 0 Å². The maximum atomic E-state index is 11.7. The molecule has 6 heteroatoms. The van der Waals surface area contributed by atoms with Crippen LogP contribution in [-0.4, -0.2) is 49.0 Å². The van der Waals surface area contributed by atoms with Crippen LogP contribution in [0.3, 0.4) is 0 Å². The maximum absolute atomic E-state index is 11.7. The fourth-order valence-corrected chi connectivity index (χ4v) is 4.25. The number of ether oxygens (including phenoxy) is 5. The van der Waals surface area contributed by atoms with Crippen LogP contribution in [0.15, 0.2) is 91.0 Å². The summed E-state index contributed by atoms with van der Waals surface area (Å²) in [5, 5.41) is 11.7. The van der Waals surface area contributed by atoms with Crippen LogP contribution in [0.2, 0.25) is 0 Å². The number of rotatable bonds is 11. The molecule has 0 aromatic heterocycles. The fourth-order valence-electron chi connectivity index (χ4n) is 4.25. The molecule has 5 atom stereocenters. The van der Waals surface area contributed by atoms with Gasteiger partial charge in [0, 0.05) is 7.11 Å². The van der Waals surface area contributed by atoms with E-state index in [0.717, 1.165) is 16.7 Å². The second kappa shape index (κ2) is 12.4. The van der Waals surface area contributed by atoms with Gasteiger partial charge in [-0.15, -0.1) is 0 Å². The fraction of sp³-hybridized carbons (Fsp3) is 0.379. The van der Waals surface area contributed by atoms with E-state index >= 15 is 0 Å². The smallest absolute Gasteiger partial charge is 0.186 e. The first-order chi connectivity index (χ1) is 17.1. The van der Waals surface area contributed by atoms with Gasteiger partial charge in [0.1, 0.15) is 23.9 Å². The van der Waals surface area contributed by atoms with Gasteiger partial charge in [-0.1, -0.05) is 91.0 Å². The van der Waals surface area contributed by atoms with E-state index in [0.29, 0.717) is 19.8 Å². The van der Waals surface area contributed by atoms with Gasteiger partial charge in [0.05, 0.1) is 26.4 Å². The first-order valence-electron chi connectivity index (χ1n) is 11.9. The number of hydrogen-bond donors (Lipinski definition) is 1. The highest BCUT2D eigenvalue weighted by molar-refractivity contribution is 5.15. The Kier molecular flexibility index (Phi) is 9.04. The van der Waals surface area contributed by atoms with Gasteiger partial charge < -0.3 is 28.8 Å². The third-order valence-corrected chi connectivity index (χ3v) is 6.26. The lowest BCUT2D eigenvalue weighted by Crippen LogP contribution is -2.67. The van der Waals surface area contributed by atoms with E-state index in [1.807, 2.05) is 91.0 Å². The highest BCUT2D eigenvalue weighted by Crippen LogP contribution is 2.35. The molecule has 0 bridgehead atoms. The molecule has 1 aliphatic rings. The summed E-state index contributed by atoms with van der Waals surface area (Å²) in [5.41, 5.74) is 1.67. The molecule has 3 aromatic rings. The van der Waals surface area contributed by atoms with Gasteiger partial charge in [0.15, 0.2) is 6.29 Å². The molecule has 6 nitrogen and oxygen atoms in total. The Morgan fingerprint density at radius 1 is 0.743 bits per heavy atom. The van der Waals surface area contributed by atoms with E-state index < -0.39 is 30.2 Å². The third kappa shape index (κ3) is 6.76. The minimum absolute atomic E-state index is 0.179. The summed E-state index contributed by atoms with van der Waals surface area (Å²) in [6.45, 7) is 2.96. The van der Waals surface area contributed by atoms with Crippen LogP contribution in [0, 0.1) is 0 Å². The highest BCUT2D eigenvalue weighted by atomic mass is 16.7. The molecule has 0 saturated carbocycles. The normalized spacial score (nSPS) is 26.5. The van der Waals surface area contributed by atoms with Gasteiger partial charge in [-0.2, -0.15) is 0 Å². The topological polar surface area (TPSA) is 66.4 Å². The minimum atomic E-state index is -1.39. The van der Waals surface area contributed by atoms with Crippen LogP contribution >= 0.6 is 0 Å². The highest BCUT2D eigenvalue weighted by Gasteiger charge is 2.54. The molecule has 0 amide bonds. The standard InChI is InChI=1S/C29H34O6/c1-29(30)25(21-32-18-22-12-6-3-7-13-22)35-28(31-2)26(33-19-23-14-8-4-9-15-23)27(29)34-20-24-16-10-5-11-17-24/h3-17,25-28,30H,18-21H2,1-2H3/t25?,26?,27?,28-,29+/m0/s1. The van der Waals surface area contributed by atoms with E-state index in [2.05, 4.69) is 0 Å². The Bertz CT molecular complexity index is 995. The Morgan fingerprint density at radius 2 is 1.23 bits per heavy atom. The van der Waals surface area contributed by atoms with Crippen molar-refractivity contribution >= 4 is 0 Å². The lowest BCUT2D eigenvalue weighted by atomic mass is 9.85. The monoisotopic (exact) mass is 478 g/mol. The first kappa shape index (κ1) is 25.5. The molecule has 186 valence electrons. The average Bonchev–Trinajstić information content (AvgIpc) is 2.89. The third-order valence-electron chi connectivity index (χ3n) is 6.26. The van der Waals surface area contributed by atoms with Gasteiger partial charge >= 0.3 is 0 Å². The molecule has 3 aromatic carbocycles. The van der Waals surface area contributed by atoms with Gasteiger partial charge in [0.2, 0.25) is 0 Å². The van der Waals surface area contributed by atoms with Crippen molar-refractivity contribution in [3.8, 4) is 0 Å². The number of benzene rings is 3. The summed E-state index contributed by atoms with van der Waals surface area (Å²) >= 11 is 0. The van der Waals surface area contributed by atoms with Crippen molar-refractivity contribution in [2.45, 2.75) is 56.9 Å². The molecule has 4 rings (SSSR count). The molecule has 35 heavy (non-hydrogen) atoms. The van der Waals surface area contributed by atoms with E-state index in [1.165, 1.54) is 0 Å². The molecule has 3 unspecified atom stereocenters. The minimum Gasteiger partial charge on any atom is -0.385 e. The zero-order valence-corrected chi connectivity index (χ0v) is 20.3. The molecule has 1 N–H and O–H groups in total. The van der Waals surface area contributed by atoms with E-state index in [9.17, 15) is 5.11 Å². The molecule has 0 spiro atoms. The van der Waals surface area contributed by atoms with Crippen LogP contribution < -0.4 is 0 Å². The second-order valence-corrected chi connectivity index (χ2v) is 8.93. The van der Waals surface area contributed by atoms with Crippen LogP contribution in [0.5, 0.6) is 0 Å². The number of hydrogen-bond acceptors (Lipinski definition) is 6. The molecule has 1 fully saturated rings. The van der Waals surface area contributed by atoms with Gasteiger partial charge in [-0.05, 0) is 23.6 Å². The number of aliphatic hydroxyl groups is 1. The Morgan fingerprint density at radius 3 is 1.74 bits per heavy atom. The molecule has 1 heterocycles. The second-order valence-electron chi connectivity index (χ2n) is 8.93. The Balaban J connectivity index is 1.50. The SMILES string of the molecule is CO[C@H]1OC(COCc2ccccc2)[C@@](C)(O)C(OCc2ccccc2)C1OCc1ccccc1. The van der Waals surface area contributed by atoms with Crippen molar-refractivity contribution in [2.75, 3.05) is 13.7 Å². The predicted octanol–water partition coefficient (Wildman–Crippen LogP) is 4.50. The summed E-state index contributed by atoms with van der Waals surface area (Å²) < 4.78 is 30.3. The summed E-state index contributed by atoms with van der Waals surface area (Å²) in [7, 11) is 1.57. The molecule has 0 radical (unpaired) electrons. The predicted molar refractivity (Wildman–Crippen MR) is 132 cm³/mol. The zero-order chi connectivity index (χ0) is 24.5. The van der Waals surface area contributed by atoms with Gasteiger partial charge in [-0.3, -0.25) is 0 Å². The summed E-state index contributed by atoms with van der Waals surface area (Å²) in [6, 6.07) is 29.6. The molecule has 1 aliphatic heterocycles. The van der Waals surface area contributed by atoms with Crippen molar-refractivity contribution in [1.82, 2.24) is 0 Å². The van der Waals surface area contributed by atoms with Crippen molar-refractivity contribution in [1.29, 1.82) is 0 Å². The van der Waals surface area contributed by atoms with Crippen LogP contribution in [0.25, 0.3) is 0 Å². The average molecular weight is 479 g/mol. The Hall–Kier alpha value is -2.58. The van der Waals surface area contributed by atoms with Gasteiger partial charge in [0.25, 0.3) is 0 Å². The molecular formula is C29H34O6. The van der Waals surface area contributed by atoms with Crippen molar-refractivity contribution in [2.24, 2.45) is 0 Å². The summed E-state index contributed by atoms with van der Waals surface area (Å²) in [5.74, 6) is 0. The summed E-state index contributed by atoms with van der Waals surface area (Å²) in [4.78, 5) is 0. The summed E-state index contributed by atoms with van der Waals surface area (Å²) in [6.07, 6.45) is -2.77. The first-order valence-corrected chi connectivity index (χ1v) is 11.9. The molecule has 0 aliphatic carbocycles. The van der Waals surface area contributed by atoms with Gasteiger partial charge in [-0.25, -0.2) is 0 Å². The van der Waals surface area contributed by atoms with Crippen LogP contribution in [-0.2, 0) is 43.5 Å². The van der Waals surface area contributed by atoms with Crippen molar-refractivity contribution in [3.05, 3.63) is 108 Å². The van der Waals surface area contributed by atoms with E-state index in [4.69, 9.17) is 23.7 Å². The van der Waals surface area contributed by atoms with Crippen molar-refractivity contribution < 1.29 is 28.8 Å². The molecular weight excluding hydrogens is 444 g/mol. The van der Waals surface area contributed by atoms with Crippen LogP contribution in [0.1, 0.15) is 23.6 Å². The van der Waals surface area contributed by atoms with E-state index in [-0.39, 0.29) is 6.61 Å². The number of methoxy groups -OCH3 is 1. The lowest BCUT2D eigenvalue weighted by Gasteiger charge is -2.49. The Labute approximate surface area is 207 Å².